The third-order valence-corrected chi connectivity index (χ3v) is 4.21. The molecule has 6 heteroatoms. The van der Waals surface area contributed by atoms with Crippen LogP contribution >= 0.6 is 0 Å². The summed E-state index contributed by atoms with van der Waals surface area (Å²) in [7, 11) is 1.61. The van der Waals surface area contributed by atoms with Crippen LogP contribution in [0, 0.1) is 0 Å². The number of hydrogen-bond acceptors (Lipinski definition) is 4. The molecule has 2 aliphatic rings. The minimum Gasteiger partial charge on any atom is -0.497 e. The first-order valence-electron chi connectivity index (χ1n) is 7.09. The lowest BCUT2D eigenvalue weighted by Crippen LogP contribution is -2.64. The molecule has 2 amide bonds. The van der Waals surface area contributed by atoms with Crippen molar-refractivity contribution in [2.45, 2.75) is 31.0 Å². The van der Waals surface area contributed by atoms with Crippen molar-refractivity contribution in [1.82, 2.24) is 10.2 Å². The number of hydrogen-bond donors (Lipinski definition) is 2. The van der Waals surface area contributed by atoms with Crippen molar-refractivity contribution in [3.63, 3.8) is 0 Å². The van der Waals surface area contributed by atoms with Crippen LogP contribution in [0.1, 0.15) is 12.0 Å². The maximum absolute atomic E-state index is 12.5. The van der Waals surface area contributed by atoms with Gasteiger partial charge in [0.25, 0.3) is 0 Å². The highest BCUT2D eigenvalue weighted by molar-refractivity contribution is 5.98. The lowest BCUT2D eigenvalue weighted by molar-refractivity contribution is -0.147. The first-order chi connectivity index (χ1) is 10.1. The summed E-state index contributed by atoms with van der Waals surface area (Å²) in [5, 5.41) is 2.80. The first kappa shape index (κ1) is 13.9. The Balaban J connectivity index is 1.74. The van der Waals surface area contributed by atoms with E-state index in [2.05, 4.69) is 5.32 Å². The molecule has 6 nitrogen and oxygen atoms in total. The molecule has 3 atom stereocenters. The molecule has 0 aromatic heterocycles. The molecule has 0 radical (unpaired) electrons. The van der Waals surface area contributed by atoms with Crippen LogP contribution in [0.3, 0.4) is 0 Å². The summed E-state index contributed by atoms with van der Waals surface area (Å²) in [6, 6.07) is 6.24. The smallest absolute Gasteiger partial charge is 0.246 e. The second-order valence-corrected chi connectivity index (χ2v) is 5.54. The van der Waals surface area contributed by atoms with Crippen LogP contribution in [0.4, 0.5) is 0 Å². The third kappa shape index (κ3) is 2.47. The van der Waals surface area contributed by atoms with Crippen LogP contribution in [-0.4, -0.2) is 48.5 Å². The highest BCUT2D eigenvalue weighted by atomic mass is 16.5. The van der Waals surface area contributed by atoms with Crippen molar-refractivity contribution in [3.8, 4) is 5.75 Å². The van der Waals surface area contributed by atoms with Crippen molar-refractivity contribution < 1.29 is 14.3 Å². The standard InChI is InChI=1S/C15H19N3O3/c1-21-10-4-2-9(3-5-10)8-12-15(20)18-7-6-11(16)13(18)14(19)17-12/h2-5,11-13H,6-8,16H2,1H3,(H,17,19). The zero-order valence-corrected chi connectivity index (χ0v) is 11.9. The second kappa shape index (κ2) is 5.37. The Kier molecular flexibility index (Phi) is 3.55. The molecule has 2 fully saturated rings. The van der Waals surface area contributed by atoms with Gasteiger partial charge in [0.1, 0.15) is 17.8 Å². The van der Waals surface area contributed by atoms with Gasteiger partial charge >= 0.3 is 0 Å². The molecule has 2 heterocycles. The van der Waals surface area contributed by atoms with Crippen molar-refractivity contribution in [3.05, 3.63) is 29.8 Å². The van der Waals surface area contributed by atoms with Crippen molar-refractivity contribution >= 4 is 11.8 Å². The van der Waals surface area contributed by atoms with E-state index < -0.39 is 12.1 Å². The van der Waals surface area contributed by atoms with E-state index in [1.54, 1.807) is 12.0 Å². The van der Waals surface area contributed by atoms with E-state index in [-0.39, 0.29) is 17.9 Å². The third-order valence-electron chi connectivity index (χ3n) is 4.21. The minimum absolute atomic E-state index is 0.0385. The van der Waals surface area contributed by atoms with Crippen LogP contribution in [0.2, 0.25) is 0 Å². The normalized spacial score (nSPS) is 28.3. The van der Waals surface area contributed by atoms with Crippen LogP contribution in [-0.2, 0) is 16.0 Å². The largest absolute Gasteiger partial charge is 0.497 e. The van der Waals surface area contributed by atoms with Gasteiger partial charge in [0, 0.05) is 19.0 Å². The zero-order chi connectivity index (χ0) is 15.0. The molecule has 1 aromatic carbocycles. The van der Waals surface area contributed by atoms with Crippen molar-refractivity contribution in [2.24, 2.45) is 5.73 Å². The lowest BCUT2D eigenvalue weighted by Gasteiger charge is -2.35. The number of ether oxygens (including phenoxy) is 1. The fourth-order valence-corrected chi connectivity index (χ4v) is 3.05. The first-order valence-corrected chi connectivity index (χ1v) is 7.09. The number of nitrogens with one attached hydrogen (secondary N) is 1. The Morgan fingerprint density at radius 2 is 2.05 bits per heavy atom. The van der Waals surface area contributed by atoms with Crippen LogP contribution in [0.25, 0.3) is 0 Å². The Bertz CT molecular complexity index is 558. The number of fused-ring (bicyclic) bond motifs is 1. The van der Waals surface area contributed by atoms with E-state index in [4.69, 9.17) is 10.5 Å². The van der Waals surface area contributed by atoms with Gasteiger partial charge < -0.3 is 20.7 Å². The number of amides is 2. The van der Waals surface area contributed by atoms with E-state index >= 15 is 0 Å². The molecule has 0 bridgehead atoms. The topological polar surface area (TPSA) is 84.7 Å². The van der Waals surface area contributed by atoms with Gasteiger partial charge in [0.2, 0.25) is 11.8 Å². The van der Waals surface area contributed by atoms with Gasteiger partial charge in [-0.1, -0.05) is 12.1 Å². The van der Waals surface area contributed by atoms with Crippen molar-refractivity contribution in [2.75, 3.05) is 13.7 Å². The summed E-state index contributed by atoms with van der Waals surface area (Å²) in [5.74, 6) is 0.588. The number of piperazine rings is 1. The summed E-state index contributed by atoms with van der Waals surface area (Å²) in [6.45, 7) is 0.567. The summed E-state index contributed by atoms with van der Waals surface area (Å²) >= 11 is 0. The van der Waals surface area contributed by atoms with Gasteiger partial charge in [-0.25, -0.2) is 0 Å². The van der Waals surface area contributed by atoms with Gasteiger partial charge in [-0.3, -0.25) is 9.59 Å². The molecule has 2 aliphatic heterocycles. The lowest BCUT2D eigenvalue weighted by atomic mass is 10.00. The van der Waals surface area contributed by atoms with E-state index in [1.807, 2.05) is 24.3 Å². The SMILES string of the molecule is COc1ccc(CC2NC(=O)C3C(N)CCN3C2=O)cc1. The fourth-order valence-electron chi connectivity index (χ4n) is 3.05. The summed E-state index contributed by atoms with van der Waals surface area (Å²) in [4.78, 5) is 26.2. The van der Waals surface area contributed by atoms with E-state index in [0.29, 0.717) is 19.4 Å². The molecule has 2 saturated heterocycles. The number of nitrogens with two attached hydrogens (primary N) is 1. The molecule has 3 rings (SSSR count). The van der Waals surface area contributed by atoms with Crippen molar-refractivity contribution in [1.29, 1.82) is 0 Å². The van der Waals surface area contributed by atoms with Gasteiger partial charge in [-0.15, -0.1) is 0 Å². The fraction of sp³-hybridized carbons (Fsp3) is 0.467. The highest BCUT2D eigenvalue weighted by Crippen LogP contribution is 2.23. The van der Waals surface area contributed by atoms with Gasteiger partial charge in [-0.05, 0) is 24.1 Å². The Labute approximate surface area is 123 Å². The maximum Gasteiger partial charge on any atom is 0.246 e. The second-order valence-electron chi connectivity index (χ2n) is 5.54. The molecule has 0 saturated carbocycles. The molecule has 21 heavy (non-hydrogen) atoms. The Hall–Kier alpha value is -2.08. The van der Waals surface area contributed by atoms with Crippen LogP contribution in [0.5, 0.6) is 5.75 Å². The van der Waals surface area contributed by atoms with E-state index in [0.717, 1.165) is 11.3 Å². The van der Waals surface area contributed by atoms with Gasteiger partial charge in [0.05, 0.1) is 7.11 Å². The van der Waals surface area contributed by atoms with E-state index in [1.165, 1.54) is 0 Å². The molecule has 1 aromatic rings. The number of rotatable bonds is 3. The average molecular weight is 289 g/mol. The van der Waals surface area contributed by atoms with Gasteiger partial charge in [0.15, 0.2) is 0 Å². The molecule has 112 valence electrons. The van der Waals surface area contributed by atoms with Crippen LogP contribution in [0.15, 0.2) is 24.3 Å². The minimum atomic E-state index is -0.507. The highest BCUT2D eigenvalue weighted by Gasteiger charge is 2.46. The van der Waals surface area contributed by atoms with E-state index in [9.17, 15) is 9.59 Å². The van der Waals surface area contributed by atoms with Gasteiger partial charge in [-0.2, -0.15) is 0 Å². The maximum atomic E-state index is 12.5. The Morgan fingerprint density at radius 3 is 2.71 bits per heavy atom. The molecule has 3 unspecified atom stereocenters. The molecule has 0 aliphatic carbocycles. The number of methoxy groups -OCH3 is 1. The number of carbonyl (C=O) groups is 2. The monoisotopic (exact) mass is 289 g/mol. The predicted molar refractivity (Wildman–Crippen MR) is 76.7 cm³/mol. The quantitative estimate of drug-likeness (QED) is 0.797. The van der Waals surface area contributed by atoms with Crippen LogP contribution < -0.4 is 15.8 Å². The average Bonchev–Trinajstić information content (AvgIpc) is 2.88. The summed E-state index contributed by atoms with van der Waals surface area (Å²) in [5.41, 5.74) is 6.89. The molecular weight excluding hydrogens is 270 g/mol. The zero-order valence-electron chi connectivity index (χ0n) is 11.9. The number of nitrogens with zero attached hydrogens (tertiary/aromatic N) is 1. The Morgan fingerprint density at radius 1 is 1.33 bits per heavy atom. The number of benzene rings is 1. The predicted octanol–water partition coefficient (Wildman–Crippen LogP) is -0.336. The molecule has 0 spiro atoms. The molecular formula is C15H19N3O3. The molecule has 3 N–H and O–H groups in total. The summed E-state index contributed by atoms with van der Waals surface area (Å²) in [6.07, 6.45) is 1.16. The number of carbonyl (C=O) groups excluding carboxylic acids is 2. The summed E-state index contributed by atoms with van der Waals surface area (Å²) < 4.78 is 5.11.